The molecule has 1 rings (SSSR count). The minimum atomic E-state index is -0.723. The van der Waals surface area contributed by atoms with Gasteiger partial charge < -0.3 is 10.8 Å². The highest BCUT2D eigenvalue weighted by Gasteiger charge is 2.26. The van der Waals surface area contributed by atoms with Gasteiger partial charge in [0.25, 0.3) is 0 Å². The number of carboxylic acids is 1. The minimum Gasteiger partial charge on any atom is -0.481 e. The second-order valence-electron chi connectivity index (χ2n) is 3.25. The van der Waals surface area contributed by atoms with Crippen molar-refractivity contribution < 1.29 is 9.90 Å². The molecule has 3 N–H and O–H groups in total. The van der Waals surface area contributed by atoms with Crippen LogP contribution in [0.1, 0.15) is 32.1 Å². The van der Waals surface area contributed by atoms with Crippen molar-refractivity contribution in [2.45, 2.75) is 38.1 Å². The van der Waals surface area contributed by atoms with Crippen LogP contribution in [0.3, 0.4) is 0 Å². The van der Waals surface area contributed by atoms with Crippen LogP contribution in [0.25, 0.3) is 0 Å². The third-order valence-electron chi connectivity index (χ3n) is 2.39. The zero-order chi connectivity index (χ0) is 8.27. The van der Waals surface area contributed by atoms with Gasteiger partial charge in [-0.25, -0.2) is 0 Å². The van der Waals surface area contributed by atoms with Gasteiger partial charge >= 0.3 is 5.97 Å². The summed E-state index contributed by atoms with van der Waals surface area (Å²) < 4.78 is 0. The van der Waals surface area contributed by atoms with Gasteiger partial charge in [0.2, 0.25) is 0 Å². The molecule has 0 spiro atoms. The van der Waals surface area contributed by atoms with E-state index < -0.39 is 5.97 Å². The smallest absolute Gasteiger partial charge is 0.308 e. The fourth-order valence-electron chi connectivity index (χ4n) is 1.64. The first-order chi connectivity index (χ1) is 5.22. The number of hydrogen-bond acceptors (Lipinski definition) is 2. The monoisotopic (exact) mass is 157 g/mol. The molecule has 1 aliphatic carbocycles. The zero-order valence-electron chi connectivity index (χ0n) is 6.62. The van der Waals surface area contributed by atoms with Crippen molar-refractivity contribution in [2.75, 3.05) is 0 Å². The van der Waals surface area contributed by atoms with Gasteiger partial charge in [0.15, 0.2) is 0 Å². The predicted molar refractivity (Wildman–Crippen MR) is 42.2 cm³/mol. The first kappa shape index (κ1) is 8.53. The van der Waals surface area contributed by atoms with E-state index in [-0.39, 0.29) is 12.0 Å². The fraction of sp³-hybridized carbons (Fsp3) is 0.875. The Kier molecular flexibility index (Phi) is 2.88. The van der Waals surface area contributed by atoms with Crippen LogP contribution in [0.5, 0.6) is 0 Å². The quantitative estimate of drug-likeness (QED) is 0.558. The zero-order valence-corrected chi connectivity index (χ0v) is 6.62. The van der Waals surface area contributed by atoms with Crippen molar-refractivity contribution in [1.29, 1.82) is 0 Å². The topological polar surface area (TPSA) is 63.3 Å². The summed E-state index contributed by atoms with van der Waals surface area (Å²) in [6.45, 7) is 0. The molecule has 0 amide bonds. The summed E-state index contributed by atoms with van der Waals surface area (Å²) in [6, 6.07) is -0.116. The SMILES string of the molecule is N[C@@H]1CCCCC[C@H]1C(=O)O. The molecule has 0 heterocycles. The Labute approximate surface area is 66.6 Å². The van der Waals surface area contributed by atoms with Crippen LogP contribution in [0, 0.1) is 5.92 Å². The second-order valence-corrected chi connectivity index (χ2v) is 3.25. The van der Waals surface area contributed by atoms with Gasteiger partial charge in [-0.3, -0.25) is 4.79 Å². The van der Waals surface area contributed by atoms with Gasteiger partial charge in [-0.2, -0.15) is 0 Å². The maximum absolute atomic E-state index is 10.6. The third kappa shape index (κ3) is 2.19. The molecule has 0 aliphatic heterocycles. The van der Waals surface area contributed by atoms with Crippen LogP contribution in [0.2, 0.25) is 0 Å². The number of nitrogens with two attached hydrogens (primary N) is 1. The van der Waals surface area contributed by atoms with Crippen LogP contribution < -0.4 is 5.73 Å². The molecule has 0 unspecified atom stereocenters. The fourth-order valence-corrected chi connectivity index (χ4v) is 1.64. The van der Waals surface area contributed by atoms with E-state index in [1.165, 1.54) is 0 Å². The predicted octanol–water partition coefficient (Wildman–Crippen LogP) is 0.979. The Morgan fingerprint density at radius 3 is 2.55 bits per heavy atom. The summed E-state index contributed by atoms with van der Waals surface area (Å²) in [7, 11) is 0. The Hall–Kier alpha value is -0.570. The molecule has 3 heteroatoms. The van der Waals surface area contributed by atoms with Gasteiger partial charge in [0.1, 0.15) is 0 Å². The summed E-state index contributed by atoms with van der Waals surface area (Å²) in [5.41, 5.74) is 5.70. The van der Waals surface area contributed by atoms with Crippen LogP contribution in [-0.2, 0) is 4.79 Å². The molecule has 0 saturated heterocycles. The second kappa shape index (κ2) is 3.72. The average Bonchev–Trinajstić information content (AvgIpc) is 2.13. The maximum atomic E-state index is 10.6. The van der Waals surface area contributed by atoms with Gasteiger partial charge in [0.05, 0.1) is 5.92 Å². The molecule has 0 aromatic carbocycles. The molecular weight excluding hydrogens is 142 g/mol. The summed E-state index contributed by atoms with van der Waals surface area (Å²) in [4.78, 5) is 10.6. The van der Waals surface area contributed by atoms with Crippen LogP contribution in [-0.4, -0.2) is 17.1 Å². The van der Waals surface area contributed by atoms with E-state index in [1.54, 1.807) is 0 Å². The first-order valence-electron chi connectivity index (χ1n) is 4.20. The van der Waals surface area contributed by atoms with Gasteiger partial charge in [-0.05, 0) is 12.8 Å². The van der Waals surface area contributed by atoms with Crippen LogP contribution in [0.15, 0.2) is 0 Å². The number of aliphatic carboxylic acids is 1. The molecule has 64 valence electrons. The highest BCUT2D eigenvalue weighted by atomic mass is 16.4. The van der Waals surface area contributed by atoms with Crippen LogP contribution in [0.4, 0.5) is 0 Å². The lowest BCUT2D eigenvalue weighted by molar-refractivity contribution is -0.142. The molecule has 0 aromatic heterocycles. The van der Waals surface area contributed by atoms with Crippen molar-refractivity contribution in [2.24, 2.45) is 11.7 Å². The van der Waals surface area contributed by atoms with Gasteiger partial charge in [-0.15, -0.1) is 0 Å². The summed E-state index contributed by atoms with van der Waals surface area (Å²) in [5.74, 6) is -1.02. The molecule has 3 nitrogen and oxygen atoms in total. The van der Waals surface area contributed by atoms with E-state index in [0.717, 1.165) is 32.1 Å². The van der Waals surface area contributed by atoms with E-state index in [0.29, 0.717) is 0 Å². The Morgan fingerprint density at radius 2 is 1.91 bits per heavy atom. The summed E-state index contributed by atoms with van der Waals surface area (Å²) in [6.07, 6.45) is 4.88. The van der Waals surface area contributed by atoms with E-state index in [9.17, 15) is 4.79 Å². The van der Waals surface area contributed by atoms with E-state index >= 15 is 0 Å². The minimum absolute atomic E-state index is 0.116. The van der Waals surface area contributed by atoms with Gasteiger partial charge in [0, 0.05) is 6.04 Å². The molecule has 0 bridgehead atoms. The summed E-state index contributed by atoms with van der Waals surface area (Å²) >= 11 is 0. The first-order valence-corrected chi connectivity index (χ1v) is 4.20. The molecule has 11 heavy (non-hydrogen) atoms. The standard InChI is InChI=1S/C8H15NO2/c9-7-5-3-1-2-4-6(7)8(10)11/h6-7H,1-5,9H2,(H,10,11)/t6-,7-/m1/s1. The molecule has 2 atom stereocenters. The Bertz CT molecular complexity index is 147. The number of carbonyl (C=O) groups is 1. The number of carboxylic acid groups (broad SMARTS) is 1. The number of hydrogen-bond donors (Lipinski definition) is 2. The lowest BCUT2D eigenvalue weighted by atomic mass is 9.96. The normalized spacial score (nSPS) is 32.8. The molecule has 0 aromatic rings. The molecular formula is C8H15NO2. The van der Waals surface area contributed by atoms with E-state index in [2.05, 4.69) is 0 Å². The highest BCUT2D eigenvalue weighted by Crippen LogP contribution is 2.21. The Balaban J connectivity index is 2.52. The van der Waals surface area contributed by atoms with Crippen molar-refractivity contribution >= 4 is 5.97 Å². The maximum Gasteiger partial charge on any atom is 0.308 e. The van der Waals surface area contributed by atoms with Crippen molar-refractivity contribution in [3.63, 3.8) is 0 Å². The third-order valence-corrected chi connectivity index (χ3v) is 2.39. The lowest BCUT2D eigenvalue weighted by Crippen LogP contribution is -2.34. The summed E-state index contributed by atoms with van der Waals surface area (Å²) in [5, 5.41) is 8.75. The highest BCUT2D eigenvalue weighted by molar-refractivity contribution is 5.70. The van der Waals surface area contributed by atoms with E-state index in [1.807, 2.05) is 0 Å². The van der Waals surface area contributed by atoms with Crippen molar-refractivity contribution in [3.05, 3.63) is 0 Å². The van der Waals surface area contributed by atoms with E-state index in [4.69, 9.17) is 10.8 Å². The van der Waals surface area contributed by atoms with Crippen molar-refractivity contribution in [3.8, 4) is 0 Å². The average molecular weight is 157 g/mol. The van der Waals surface area contributed by atoms with Crippen LogP contribution >= 0.6 is 0 Å². The molecule has 1 saturated carbocycles. The largest absolute Gasteiger partial charge is 0.481 e. The van der Waals surface area contributed by atoms with Gasteiger partial charge in [-0.1, -0.05) is 19.3 Å². The Morgan fingerprint density at radius 1 is 1.27 bits per heavy atom. The number of rotatable bonds is 1. The molecule has 1 aliphatic rings. The van der Waals surface area contributed by atoms with Crippen molar-refractivity contribution in [1.82, 2.24) is 0 Å². The molecule has 1 fully saturated rings. The molecule has 0 radical (unpaired) electrons. The lowest BCUT2D eigenvalue weighted by Gasteiger charge is -2.15.